The molecule has 22 heavy (non-hydrogen) atoms. The van der Waals surface area contributed by atoms with E-state index < -0.39 is 0 Å². The molecule has 3 rings (SSSR count). The summed E-state index contributed by atoms with van der Waals surface area (Å²) in [6.45, 7) is 1.82. The summed E-state index contributed by atoms with van der Waals surface area (Å²) in [4.78, 5) is 16.9. The molecule has 0 unspecified atom stereocenters. The van der Waals surface area contributed by atoms with E-state index in [4.69, 9.17) is 23.2 Å². The van der Waals surface area contributed by atoms with E-state index in [0.29, 0.717) is 27.0 Å². The van der Waals surface area contributed by atoms with Gasteiger partial charge in [0.2, 0.25) is 5.78 Å². The minimum Gasteiger partial charge on any atom is -0.297 e. The van der Waals surface area contributed by atoms with Gasteiger partial charge in [0.15, 0.2) is 0 Å². The molecule has 0 aliphatic carbocycles. The zero-order chi connectivity index (χ0) is 15.7. The van der Waals surface area contributed by atoms with Crippen LogP contribution in [0.25, 0.3) is 11.7 Å². The Hall–Kier alpha value is -2.10. The van der Waals surface area contributed by atoms with Crippen LogP contribution in [0.2, 0.25) is 10.0 Å². The van der Waals surface area contributed by atoms with Gasteiger partial charge in [-0.05, 0) is 43.3 Å². The second kappa shape index (κ2) is 5.95. The predicted octanol–water partition coefficient (Wildman–Crippen LogP) is 4.85. The minimum atomic E-state index is -0.146. The highest BCUT2D eigenvalue weighted by Gasteiger charge is 2.14. The van der Waals surface area contributed by atoms with Gasteiger partial charge in [-0.15, -0.1) is 0 Å². The van der Waals surface area contributed by atoms with Crippen LogP contribution in [0.3, 0.4) is 0 Å². The van der Waals surface area contributed by atoms with Crippen molar-refractivity contribution in [2.24, 2.45) is 0 Å². The molecule has 0 N–H and O–H groups in total. The van der Waals surface area contributed by atoms with Crippen LogP contribution in [0.1, 0.15) is 21.7 Å². The number of pyridine rings is 1. The zero-order valence-electron chi connectivity index (χ0n) is 11.8. The fourth-order valence-electron chi connectivity index (χ4n) is 2.32. The molecule has 0 radical (unpaired) electrons. The summed E-state index contributed by atoms with van der Waals surface area (Å²) in [6, 6.07) is 10.8. The number of benzene rings is 1. The second-order valence-electron chi connectivity index (χ2n) is 4.81. The number of rotatable bonds is 3. The number of fused-ring (bicyclic) bond motifs is 1. The van der Waals surface area contributed by atoms with E-state index in [2.05, 4.69) is 4.98 Å². The summed E-state index contributed by atoms with van der Waals surface area (Å²) in [5.74, 6) is -0.146. The van der Waals surface area contributed by atoms with Gasteiger partial charge in [-0.25, -0.2) is 4.98 Å². The van der Waals surface area contributed by atoms with Crippen LogP contribution in [0.4, 0.5) is 0 Å². The molecule has 0 atom stereocenters. The summed E-state index contributed by atoms with van der Waals surface area (Å²) >= 11 is 12.2. The Bertz CT molecular complexity index is 877. The van der Waals surface area contributed by atoms with Crippen LogP contribution in [-0.4, -0.2) is 15.2 Å². The van der Waals surface area contributed by atoms with Crippen LogP contribution in [0.15, 0.2) is 48.7 Å². The van der Waals surface area contributed by atoms with Crippen molar-refractivity contribution in [2.45, 2.75) is 6.92 Å². The number of halogens is 2. The zero-order valence-corrected chi connectivity index (χ0v) is 13.3. The van der Waals surface area contributed by atoms with Crippen molar-refractivity contribution in [1.82, 2.24) is 9.38 Å². The van der Waals surface area contributed by atoms with Crippen LogP contribution in [0.5, 0.6) is 0 Å². The summed E-state index contributed by atoms with van der Waals surface area (Å²) in [5.41, 5.74) is 2.60. The number of carbonyl (C=O) groups is 1. The fourth-order valence-corrected chi connectivity index (χ4v) is 2.84. The minimum absolute atomic E-state index is 0.146. The van der Waals surface area contributed by atoms with Crippen molar-refractivity contribution >= 4 is 40.7 Å². The molecule has 3 nitrogen and oxygen atoms in total. The van der Waals surface area contributed by atoms with Gasteiger partial charge in [-0.2, -0.15) is 0 Å². The lowest BCUT2D eigenvalue weighted by atomic mass is 10.1. The van der Waals surface area contributed by atoms with Crippen molar-refractivity contribution in [1.29, 1.82) is 0 Å². The molecule has 2 heterocycles. The summed E-state index contributed by atoms with van der Waals surface area (Å²) < 4.78 is 1.77. The Kier molecular flexibility index (Phi) is 4.01. The first-order valence-electron chi connectivity index (χ1n) is 6.68. The molecule has 5 heteroatoms. The normalized spacial score (nSPS) is 11.4. The molecular formula is C17H12Cl2N2O. The molecule has 0 fully saturated rings. The predicted molar refractivity (Wildman–Crippen MR) is 89.8 cm³/mol. The van der Waals surface area contributed by atoms with Gasteiger partial charge in [-0.1, -0.05) is 35.3 Å². The molecule has 3 aromatic rings. The molecule has 0 saturated carbocycles. The molecule has 0 aliphatic heterocycles. The number of hydrogen-bond donors (Lipinski definition) is 0. The van der Waals surface area contributed by atoms with E-state index in [9.17, 15) is 4.79 Å². The summed E-state index contributed by atoms with van der Waals surface area (Å²) in [6.07, 6.45) is 4.92. The second-order valence-corrected chi connectivity index (χ2v) is 5.62. The molecule has 0 spiro atoms. The van der Waals surface area contributed by atoms with Gasteiger partial charge in [0.1, 0.15) is 11.3 Å². The molecule has 0 amide bonds. The molecule has 110 valence electrons. The molecule has 0 aliphatic rings. The van der Waals surface area contributed by atoms with Crippen molar-refractivity contribution in [2.75, 3.05) is 0 Å². The highest BCUT2D eigenvalue weighted by atomic mass is 35.5. The molecule has 1 aromatic carbocycles. The van der Waals surface area contributed by atoms with Gasteiger partial charge in [0.25, 0.3) is 0 Å². The Morgan fingerprint density at radius 3 is 2.59 bits per heavy atom. The quantitative estimate of drug-likeness (QED) is 0.508. The number of imidazole rings is 1. The molecule has 0 bridgehead atoms. The largest absolute Gasteiger partial charge is 0.297 e. The van der Waals surface area contributed by atoms with Crippen molar-refractivity contribution in [3.8, 4) is 0 Å². The monoisotopic (exact) mass is 330 g/mol. The first-order valence-corrected chi connectivity index (χ1v) is 7.43. The molecule has 0 saturated heterocycles. The van der Waals surface area contributed by atoms with Crippen molar-refractivity contribution in [3.05, 3.63) is 75.7 Å². The topological polar surface area (TPSA) is 34.4 Å². The lowest BCUT2D eigenvalue weighted by Crippen LogP contribution is -2.01. The SMILES string of the molecule is Cc1nc2ccccn2c1C(=O)/C=C/c1c(Cl)cccc1Cl. The third-order valence-corrected chi connectivity index (χ3v) is 4.00. The van der Waals surface area contributed by atoms with Crippen molar-refractivity contribution in [3.63, 3.8) is 0 Å². The highest BCUT2D eigenvalue weighted by molar-refractivity contribution is 6.37. The maximum atomic E-state index is 12.5. The van der Waals surface area contributed by atoms with Crippen LogP contribution in [-0.2, 0) is 0 Å². The Labute approximate surface area is 137 Å². The lowest BCUT2D eigenvalue weighted by Gasteiger charge is -2.01. The number of hydrogen-bond acceptors (Lipinski definition) is 2. The number of aryl methyl sites for hydroxylation is 1. The van der Waals surface area contributed by atoms with Crippen LogP contribution in [0, 0.1) is 6.92 Å². The van der Waals surface area contributed by atoms with Crippen LogP contribution < -0.4 is 0 Å². The third-order valence-electron chi connectivity index (χ3n) is 3.34. The van der Waals surface area contributed by atoms with E-state index in [1.165, 1.54) is 6.08 Å². The van der Waals surface area contributed by atoms with E-state index in [1.54, 1.807) is 28.7 Å². The van der Waals surface area contributed by atoms with E-state index in [1.807, 2.05) is 31.3 Å². The highest BCUT2D eigenvalue weighted by Crippen LogP contribution is 2.25. The maximum absolute atomic E-state index is 12.5. The Balaban J connectivity index is 2.00. The van der Waals surface area contributed by atoms with Crippen molar-refractivity contribution < 1.29 is 4.79 Å². The standard InChI is InChI=1S/C17H12Cl2N2O/c1-11-17(21-10-3-2-7-16(21)20-11)15(22)9-8-12-13(18)5-4-6-14(12)19/h2-10H,1H3/b9-8+. The lowest BCUT2D eigenvalue weighted by molar-refractivity contribution is 0.104. The smallest absolute Gasteiger partial charge is 0.204 e. The average Bonchev–Trinajstić information content (AvgIpc) is 2.82. The molecular weight excluding hydrogens is 319 g/mol. The van der Waals surface area contributed by atoms with E-state index in [-0.39, 0.29) is 5.78 Å². The Morgan fingerprint density at radius 2 is 1.86 bits per heavy atom. The first kappa shape index (κ1) is 14.8. The average molecular weight is 331 g/mol. The van der Waals surface area contributed by atoms with E-state index >= 15 is 0 Å². The number of aromatic nitrogens is 2. The van der Waals surface area contributed by atoms with Gasteiger partial charge in [0, 0.05) is 21.8 Å². The van der Waals surface area contributed by atoms with Gasteiger partial charge < -0.3 is 0 Å². The number of ketones is 1. The van der Waals surface area contributed by atoms with Gasteiger partial charge in [-0.3, -0.25) is 9.20 Å². The summed E-state index contributed by atoms with van der Waals surface area (Å²) in [5, 5.41) is 1.01. The maximum Gasteiger partial charge on any atom is 0.204 e. The number of nitrogens with zero attached hydrogens (tertiary/aromatic N) is 2. The van der Waals surface area contributed by atoms with Gasteiger partial charge >= 0.3 is 0 Å². The first-order chi connectivity index (χ1) is 10.6. The van der Waals surface area contributed by atoms with Gasteiger partial charge in [0.05, 0.1) is 5.69 Å². The van der Waals surface area contributed by atoms with E-state index in [0.717, 1.165) is 5.65 Å². The van der Waals surface area contributed by atoms with Crippen LogP contribution >= 0.6 is 23.2 Å². The molecule has 2 aromatic heterocycles. The number of allylic oxidation sites excluding steroid dienone is 1. The summed E-state index contributed by atoms with van der Waals surface area (Å²) in [7, 11) is 0. The fraction of sp³-hybridized carbons (Fsp3) is 0.0588. The third kappa shape index (κ3) is 2.65. The Morgan fingerprint density at radius 1 is 1.14 bits per heavy atom. The number of carbonyl (C=O) groups excluding carboxylic acids is 1.